The van der Waals surface area contributed by atoms with E-state index in [1.165, 1.54) is 29.8 Å². The fourth-order valence-corrected chi connectivity index (χ4v) is 4.75. The second-order valence-corrected chi connectivity index (χ2v) is 7.87. The van der Waals surface area contributed by atoms with Crippen LogP contribution in [0, 0.1) is 6.92 Å². The Morgan fingerprint density at radius 1 is 1.28 bits per heavy atom. The van der Waals surface area contributed by atoms with Gasteiger partial charge in [0.05, 0.1) is 6.26 Å². The Morgan fingerprint density at radius 2 is 2.07 bits per heavy atom. The standard InChI is InChI=1S/C21H24N2O5S/c1-4-15-8-5-7-13(2)19(15)22-18(25)11-28-21(26)16-12-29-20(23(16)14(3)24)17-9-6-10-27-17/h5-10,16,20H,4,11-12H2,1-3H3,(H,22,25)/t16-,20+/m0/s1. The second-order valence-electron chi connectivity index (χ2n) is 6.76. The summed E-state index contributed by atoms with van der Waals surface area (Å²) in [5, 5.41) is 2.44. The molecule has 1 aromatic carbocycles. The topological polar surface area (TPSA) is 88.8 Å². The van der Waals surface area contributed by atoms with Gasteiger partial charge < -0.3 is 19.4 Å². The van der Waals surface area contributed by atoms with E-state index in [2.05, 4.69) is 5.32 Å². The van der Waals surface area contributed by atoms with Gasteiger partial charge in [-0.3, -0.25) is 9.59 Å². The van der Waals surface area contributed by atoms with Crippen LogP contribution in [0.2, 0.25) is 0 Å². The maximum atomic E-state index is 12.6. The van der Waals surface area contributed by atoms with Gasteiger partial charge in [0.2, 0.25) is 5.91 Å². The van der Waals surface area contributed by atoms with Gasteiger partial charge in [0.15, 0.2) is 6.61 Å². The highest BCUT2D eigenvalue weighted by atomic mass is 32.2. The molecule has 0 bridgehead atoms. The molecule has 1 aliphatic heterocycles. The van der Waals surface area contributed by atoms with Gasteiger partial charge in [-0.25, -0.2) is 4.79 Å². The molecule has 1 aliphatic rings. The fraction of sp³-hybridized carbons (Fsp3) is 0.381. The first-order valence-corrected chi connectivity index (χ1v) is 10.5. The van der Waals surface area contributed by atoms with Crippen LogP contribution in [0.15, 0.2) is 41.0 Å². The zero-order valence-electron chi connectivity index (χ0n) is 16.6. The summed E-state index contributed by atoms with van der Waals surface area (Å²) >= 11 is 1.43. The first kappa shape index (κ1) is 21.0. The Kier molecular flexibility index (Phi) is 6.64. The molecule has 0 spiro atoms. The quantitative estimate of drug-likeness (QED) is 0.727. The van der Waals surface area contributed by atoms with Crippen LogP contribution < -0.4 is 5.32 Å². The normalized spacial score (nSPS) is 18.5. The molecule has 2 amide bonds. The Balaban J connectivity index is 1.62. The van der Waals surface area contributed by atoms with Gasteiger partial charge in [0.25, 0.3) is 5.91 Å². The molecule has 29 heavy (non-hydrogen) atoms. The lowest BCUT2D eigenvalue weighted by atomic mass is 10.1. The maximum absolute atomic E-state index is 12.6. The number of nitrogens with one attached hydrogen (secondary N) is 1. The van der Waals surface area contributed by atoms with Crippen molar-refractivity contribution in [3.8, 4) is 0 Å². The summed E-state index contributed by atoms with van der Waals surface area (Å²) in [6, 6.07) is 8.54. The summed E-state index contributed by atoms with van der Waals surface area (Å²) in [6.07, 6.45) is 2.30. The van der Waals surface area contributed by atoms with Gasteiger partial charge in [0.1, 0.15) is 17.2 Å². The van der Waals surface area contributed by atoms with Gasteiger partial charge in [-0.1, -0.05) is 25.1 Å². The molecule has 1 fully saturated rings. The van der Waals surface area contributed by atoms with Crippen molar-refractivity contribution in [2.24, 2.45) is 0 Å². The van der Waals surface area contributed by atoms with Crippen molar-refractivity contribution in [3.05, 3.63) is 53.5 Å². The zero-order valence-corrected chi connectivity index (χ0v) is 17.5. The average Bonchev–Trinajstić information content (AvgIpc) is 3.37. The molecule has 0 aliphatic carbocycles. The summed E-state index contributed by atoms with van der Waals surface area (Å²) in [5.74, 6) is -0.286. The minimum absolute atomic E-state index is 0.254. The molecule has 154 valence electrons. The van der Waals surface area contributed by atoms with Crippen LogP contribution >= 0.6 is 11.8 Å². The maximum Gasteiger partial charge on any atom is 0.330 e. The third-order valence-electron chi connectivity index (χ3n) is 4.77. The van der Waals surface area contributed by atoms with Crippen LogP contribution in [-0.2, 0) is 25.5 Å². The summed E-state index contributed by atoms with van der Waals surface area (Å²) in [7, 11) is 0. The number of furan rings is 1. The van der Waals surface area contributed by atoms with Gasteiger partial charge >= 0.3 is 5.97 Å². The third-order valence-corrected chi connectivity index (χ3v) is 6.06. The Hall–Kier alpha value is -2.74. The van der Waals surface area contributed by atoms with E-state index < -0.39 is 24.5 Å². The predicted molar refractivity (Wildman–Crippen MR) is 110 cm³/mol. The average molecular weight is 416 g/mol. The molecule has 2 atom stereocenters. The Bertz CT molecular complexity index is 896. The summed E-state index contributed by atoms with van der Waals surface area (Å²) in [6.45, 7) is 4.91. The van der Waals surface area contributed by atoms with Crippen LogP contribution in [0.25, 0.3) is 0 Å². The van der Waals surface area contributed by atoms with Gasteiger partial charge in [-0.2, -0.15) is 0 Å². The van der Waals surface area contributed by atoms with Crippen molar-refractivity contribution < 1.29 is 23.5 Å². The largest absolute Gasteiger partial charge is 0.466 e. The number of amides is 2. The van der Waals surface area contributed by atoms with Crippen molar-refractivity contribution in [1.82, 2.24) is 4.90 Å². The van der Waals surface area contributed by atoms with E-state index in [-0.39, 0.29) is 11.3 Å². The van der Waals surface area contributed by atoms with Crippen molar-refractivity contribution in [2.45, 2.75) is 38.6 Å². The summed E-state index contributed by atoms with van der Waals surface area (Å²) in [5.41, 5.74) is 2.71. The molecule has 8 heteroatoms. The number of hydrogen-bond donors (Lipinski definition) is 1. The number of carbonyl (C=O) groups is 3. The Labute approximate surface area is 173 Å². The molecule has 0 saturated carbocycles. The van der Waals surface area contributed by atoms with Gasteiger partial charge in [0, 0.05) is 18.4 Å². The fourth-order valence-electron chi connectivity index (χ4n) is 3.33. The van der Waals surface area contributed by atoms with Crippen molar-refractivity contribution in [3.63, 3.8) is 0 Å². The number of nitrogens with zero attached hydrogens (tertiary/aromatic N) is 1. The predicted octanol–water partition coefficient (Wildman–Crippen LogP) is 3.29. The van der Waals surface area contributed by atoms with Crippen LogP contribution in [0.4, 0.5) is 5.69 Å². The number of aryl methyl sites for hydroxylation is 2. The third kappa shape index (κ3) is 4.64. The summed E-state index contributed by atoms with van der Waals surface area (Å²) in [4.78, 5) is 38.5. The van der Waals surface area contributed by atoms with E-state index in [1.807, 2.05) is 32.0 Å². The van der Waals surface area contributed by atoms with E-state index in [0.29, 0.717) is 11.5 Å². The van der Waals surface area contributed by atoms with Crippen molar-refractivity contribution in [2.75, 3.05) is 17.7 Å². The summed E-state index contributed by atoms with van der Waals surface area (Å²) < 4.78 is 10.6. The van der Waals surface area contributed by atoms with Gasteiger partial charge in [-0.15, -0.1) is 11.8 Å². The van der Waals surface area contributed by atoms with E-state index >= 15 is 0 Å². The smallest absolute Gasteiger partial charge is 0.330 e. The molecule has 0 unspecified atom stereocenters. The number of thioether (sulfide) groups is 1. The van der Waals surface area contributed by atoms with E-state index in [0.717, 1.165) is 23.2 Å². The van der Waals surface area contributed by atoms with E-state index in [4.69, 9.17) is 9.15 Å². The van der Waals surface area contributed by atoms with Crippen LogP contribution in [0.1, 0.15) is 36.1 Å². The number of anilines is 1. The first-order valence-electron chi connectivity index (χ1n) is 9.41. The van der Waals surface area contributed by atoms with E-state index in [9.17, 15) is 14.4 Å². The minimum Gasteiger partial charge on any atom is -0.466 e. The lowest BCUT2D eigenvalue weighted by Gasteiger charge is -2.25. The molecule has 2 aromatic rings. The highest BCUT2D eigenvalue weighted by molar-refractivity contribution is 7.99. The number of benzene rings is 1. The molecule has 0 radical (unpaired) electrons. The number of para-hydroxylation sites is 1. The van der Waals surface area contributed by atoms with Crippen molar-refractivity contribution in [1.29, 1.82) is 0 Å². The van der Waals surface area contributed by atoms with Crippen molar-refractivity contribution >= 4 is 35.2 Å². The molecular formula is C21H24N2O5S. The number of rotatable bonds is 6. The molecule has 3 rings (SSSR count). The molecule has 1 saturated heterocycles. The first-order chi connectivity index (χ1) is 13.9. The minimum atomic E-state index is -0.759. The molecule has 1 aromatic heterocycles. The Morgan fingerprint density at radius 3 is 2.72 bits per heavy atom. The highest BCUT2D eigenvalue weighted by Crippen LogP contribution is 2.41. The highest BCUT2D eigenvalue weighted by Gasteiger charge is 2.43. The lowest BCUT2D eigenvalue weighted by Crippen LogP contribution is -2.43. The van der Waals surface area contributed by atoms with E-state index in [1.54, 1.807) is 12.1 Å². The number of esters is 1. The van der Waals surface area contributed by atoms with Crippen LogP contribution in [0.5, 0.6) is 0 Å². The number of ether oxygens (including phenoxy) is 1. The molecule has 7 nitrogen and oxygen atoms in total. The molecule has 1 N–H and O–H groups in total. The zero-order chi connectivity index (χ0) is 21.0. The molecule has 2 heterocycles. The number of carbonyl (C=O) groups excluding carboxylic acids is 3. The number of hydrogen-bond acceptors (Lipinski definition) is 6. The SMILES string of the molecule is CCc1cccc(C)c1NC(=O)COC(=O)[C@@H]1CS[C@H](c2ccco2)N1C(C)=O. The van der Waals surface area contributed by atoms with Crippen LogP contribution in [-0.4, -0.2) is 41.1 Å². The monoisotopic (exact) mass is 416 g/mol. The molecular weight excluding hydrogens is 392 g/mol. The van der Waals surface area contributed by atoms with Gasteiger partial charge in [-0.05, 0) is 36.6 Å². The lowest BCUT2D eigenvalue weighted by molar-refractivity contribution is -0.155. The second kappa shape index (κ2) is 9.17. The van der Waals surface area contributed by atoms with Crippen LogP contribution in [0.3, 0.4) is 0 Å².